The van der Waals surface area contributed by atoms with Gasteiger partial charge in [-0.2, -0.15) is 5.10 Å². The van der Waals surface area contributed by atoms with Crippen molar-refractivity contribution in [3.63, 3.8) is 0 Å². The molecule has 0 bridgehead atoms. The molecule has 1 amide bonds. The summed E-state index contributed by atoms with van der Waals surface area (Å²) < 4.78 is 1.87. The maximum atomic E-state index is 12.8. The summed E-state index contributed by atoms with van der Waals surface area (Å²) in [5, 5.41) is 15.8. The largest absolute Gasteiger partial charge is 0.329 e. The molecule has 0 aliphatic carbocycles. The van der Waals surface area contributed by atoms with E-state index in [-0.39, 0.29) is 11.9 Å². The number of nitrogens with one attached hydrogen (secondary N) is 1. The van der Waals surface area contributed by atoms with Gasteiger partial charge in [0.05, 0.1) is 18.3 Å². The molecule has 7 nitrogen and oxygen atoms in total. The first kappa shape index (κ1) is 14.9. The van der Waals surface area contributed by atoms with E-state index >= 15 is 0 Å². The highest BCUT2D eigenvalue weighted by molar-refractivity contribution is 6.31. The average Bonchev–Trinajstić information content (AvgIpc) is 3.23. The molecular weight excluding hydrogens is 328 g/mol. The van der Waals surface area contributed by atoms with Crippen LogP contribution in [-0.4, -0.2) is 35.8 Å². The van der Waals surface area contributed by atoms with Crippen molar-refractivity contribution in [3.8, 4) is 11.4 Å². The zero-order valence-corrected chi connectivity index (χ0v) is 13.7. The molecule has 3 aromatic rings. The Morgan fingerprint density at radius 2 is 2.17 bits per heavy atom. The minimum atomic E-state index is -0.379. The maximum absolute atomic E-state index is 12.8. The van der Waals surface area contributed by atoms with Crippen LogP contribution in [0.4, 0.5) is 0 Å². The van der Waals surface area contributed by atoms with E-state index in [4.69, 9.17) is 11.6 Å². The van der Waals surface area contributed by atoms with Gasteiger partial charge in [-0.3, -0.25) is 14.5 Å². The third kappa shape index (κ3) is 2.37. The third-order valence-corrected chi connectivity index (χ3v) is 4.60. The first-order chi connectivity index (χ1) is 11.6. The van der Waals surface area contributed by atoms with E-state index in [2.05, 4.69) is 20.4 Å². The van der Waals surface area contributed by atoms with Crippen molar-refractivity contribution in [2.24, 2.45) is 0 Å². The lowest BCUT2D eigenvalue weighted by molar-refractivity contribution is -0.137. The Bertz CT molecular complexity index is 888. The van der Waals surface area contributed by atoms with Crippen LogP contribution in [0.3, 0.4) is 0 Å². The Morgan fingerprint density at radius 1 is 1.33 bits per heavy atom. The summed E-state index contributed by atoms with van der Waals surface area (Å²) in [5.74, 6) is 1.43. The number of H-pyrrole nitrogens is 1. The van der Waals surface area contributed by atoms with E-state index in [0.29, 0.717) is 23.9 Å². The number of halogens is 1. The number of amides is 1. The molecule has 24 heavy (non-hydrogen) atoms. The fourth-order valence-corrected chi connectivity index (χ4v) is 3.19. The van der Waals surface area contributed by atoms with Crippen LogP contribution < -0.4 is 0 Å². The lowest BCUT2D eigenvalue weighted by Gasteiger charge is -2.32. The highest BCUT2D eigenvalue weighted by atomic mass is 35.5. The Hall–Kier alpha value is -2.67. The number of nitrogens with zero attached hydrogens (tertiary/aromatic N) is 5. The first-order valence-corrected chi connectivity index (χ1v) is 7.98. The van der Waals surface area contributed by atoms with Gasteiger partial charge in [-0.25, -0.2) is 0 Å². The van der Waals surface area contributed by atoms with Gasteiger partial charge in [-0.15, -0.1) is 10.2 Å². The predicted molar refractivity (Wildman–Crippen MR) is 88.0 cm³/mol. The van der Waals surface area contributed by atoms with Crippen LogP contribution in [0.5, 0.6) is 0 Å². The molecule has 1 N–H and O–H groups in total. The molecule has 8 heteroatoms. The fourth-order valence-electron chi connectivity index (χ4n) is 3.00. The number of benzene rings is 1. The molecule has 0 radical (unpaired) electrons. The molecular formula is C16H15ClN6O. The molecule has 0 spiro atoms. The van der Waals surface area contributed by atoms with Gasteiger partial charge in [0.15, 0.2) is 11.6 Å². The number of hydrogen-bond donors (Lipinski definition) is 1. The van der Waals surface area contributed by atoms with Crippen molar-refractivity contribution in [1.82, 2.24) is 29.9 Å². The van der Waals surface area contributed by atoms with Crippen molar-refractivity contribution in [1.29, 1.82) is 0 Å². The first-order valence-electron chi connectivity index (χ1n) is 7.60. The second-order valence-electron chi connectivity index (χ2n) is 5.76. The zero-order valence-electron chi connectivity index (χ0n) is 13.0. The van der Waals surface area contributed by atoms with Crippen LogP contribution in [0, 0.1) is 0 Å². The van der Waals surface area contributed by atoms with Gasteiger partial charge in [-0.1, -0.05) is 29.8 Å². The summed E-state index contributed by atoms with van der Waals surface area (Å²) in [6.45, 7) is 2.72. The second-order valence-corrected chi connectivity index (χ2v) is 6.17. The van der Waals surface area contributed by atoms with E-state index in [1.54, 1.807) is 17.3 Å². The Kier molecular flexibility index (Phi) is 3.57. The fraction of sp³-hybridized carbons (Fsp3) is 0.250. The third-order valence-electron chi connectivity index (χ3n) is 4.23. The summed E-state index contributed by atoms with van der Waals surface area (Å²) in [5.41, 5.74) is 1.73. The molecule has 0 unspecified atom stereocenters. The zero-order chi connectivity index (χ0) is 16.7. The molecule has 1 atom stereocenters. The van der Waals surface area contributed by atoms with Crippen molar-refractivity contribution in [2.45, 2.75) is 26.1 Å². The van der Waals surface area contributed by atoms with Crippen LogP contribution in [-0.2, 0) is 17.9 Å². The maximum Gasteiger partial charge on any atom is 0.246 e. The van der Waals surface area contributed by atoms with Crippen LogP contribution in [0.15, 0.2) is 36.7 Å². The molecule has 1 aliphatic heterocycles. The SMILES string of the molecule is C[C@H]1C(=O)N(Cc2ccccc2Cl)Cc2nnc(-c3cn[nH]c3)n21. The highest BCUT2D eigenvalue weighted by Gasteiger charge is 2.33. The smallest absolute Gasteiger partial charge is 0.246 e. The van der Waals surface area contributed by atoms with Gasteiger partial charge >= 0.3 is 0 Å². The van der Waals surface area contributed by atoms with Gasteiger partial charge in [0.1, 0.15) is 6.04 Å². The topological polar surface area (TPSA) is 79.7 Å². The van der Waals surface area contributed by atoms with Crippen molar-refractivity contribution in [3.05, 3.63) is 53.1 Å². The van der Waals surface area contributed by atoms with Gasteiger partial charge < -0.3 is 4.90 Å². The minimum Gasteiger partial charge on any atom is -0.329 e. The van der Waals surface area contributed by atoms with Gasteiger partial charge in [0.2, 0.25) is 5.91 Å². The van der Waals surface area contributed by atoms with E-state index < -0.39 is 0 Å². The molecule has 0 saturated carbocycles. The molecule has 1 aromatic carbocycles. The number of carbonyl (C=O) groups excluding carboxylic acids is 1. The summed E-state index contributed by atoms with van der Waals surface area (Å²) in [6, 6.07) is 7.17. The summed E-state index contributed by atoms with van der Waals surface area (Å²) >= 11 is 6.22. The van der Waals surface area contributed by atoms with E-state index in [1.165, 1.54) is 0 Å². The number of rotatable bonds is 3. The normalized spacial score (nSPS) is 17.2. The van der Waals surface area contributed by atoms with E-state index in [1.807, 2.05) is 35.8 Å². The summed E-state index contributed by atoms with van der Waals surface area (Å²) in [7, 11) is 0. The van der Waals surface area contributed by atoms with Gasteiger partial charge in [-0.05, 0) is 18.6 Å². The Balaban J connectivity index is 1.67. The highest BCUT2D eigenvalue weighted by Crippen LogP contribution is 2.29. The van der Waals surface area contributed by atoms with Crippen LogP contribution >= 0.6 is 11.6 Å². The van der Waals surface area contributed by atoms with Crippen molar-refractivity contribution < 1.29 is 4.79 Å². The number of aromatic amines is 1. The predicted octanol–water partition coefficient (Wildman–Crippen LogP) is 2.42. The average molecular weight is 343 g/mol. The van der Waals surface area contributed by atoms with Crippen molar-refractivity contribution >= 4 is 17.5 Å². The van der Waals surface area contributed by atoms with E-state index in [0.717, 1.165) is 17.0 Å². The summed E-state index contributed by atoms with van der Waals surface area (Å²) in [6.07, 6.45) is 3.41. The molecule has 0 saturated heterocycles. The van der Waals surface area contributed by atoms with Crippen LogP contribution in [0.25, 0.3) is 11.4 Å². The van der Waals surface area contributed by atoms with Crippen LogP contribution in [0.2, 0.25) is 5.02 Å². The number of fused-ring (bicyclic) bond motifs is 1. The van der Waals surface area contributed by atoms with Crippen LogP contribution in [0.1, 0.15) is 24.4 Å². The molecule has 3 heterocycles. The number of hydrogen-bond acceptors (Lipinski definition) is 4. The Morgan fingerprint density at radius 3 is 2.92 bits per heavy atom. The number of carbonyl (C=O) groups is 1. The molecule has 2 aromatic heterocycles. The second kappa shape index (κ2) is 5.76. The molecule has 1 aliphatic rings. The lowest BCUT2D eigenvalue weighted by Crippen LogP contribution is -2.41. The standard InChI is InChI=1S/C16H15ClN6O/c1-10-16(24)22(8-11-4-2-3-5-13(11)17)9-14-20-21-15(23(10)14)12-6-18-19-7-12/h2-7,10H,8-9H2,1H3,(H,18,19)/t10-/m0/s1. The Labute approximate surface area is 143 Å². The van der Waals surface area contributed by atoms with Crippen molar-refractivity contribution in [2.75, 3.05) is 0 Å². The monoisotopic (exact) mass is 342 g/mol. The van der Waals surface area contributed by atoms with E-state index in [9.17, 15) is 4.79 Å². The summed E-state index contributed by atoms with van der Waals surface area (Å²) in [4.78, 5) is 14.6. The number of aromatic nitrogens is 5. The quantitative estimate of drug-likeness (QED) is 0.792. The van der Waals surface area contributed by atoms with Gasteiger partial charge in [0.25, 0.3) is 0 Å². The van der Waals surface area contributed by atoms with Gasteiger partial charge in [0, 0.05) is 17.8 Å². The minimum absolute atomic E-state index is 0.0203. The molecule has 122 valence electrons. The lowest BCUT2D eigenvalue weighted by atomic mass is 10.1. The molecule has 0 fully saturated rings. The molecule has 4 rings (SSSR count).